The third kappa shape index (κ3) is 3.15. The molecule has 26 heavy (non-hydrogen) atoms. The van der Waals surface area contributed by atoms with Crippen LogP contribution in [0.4, 0.5) is 0 Å². The third-order valence-electron chi connectivity index (χ3n) is 4.31. The standard InChI is InChI=1S/C19H17ClN4O2/c1-23-17(10-16(22-23)13-6-3-2-4-7-13)19(25)24-11-14(12-24)26-18-15(20)8-5-9-21-18/h2-10,14H,11-12H2,1H3. The van der Waals surface area contributed by atoms with Crippen LogP contribution in [-0.4, -0.2) is 44.8 Å². The number of benzene rings is 1. The lowest BCUT2D eigenvalue weighted by molar-refractivity contribution is 0.0152. The molecule has 4 rings (SSSR count). The maximum absolute atomic E-state index is 12.7. The second-order valence-corrected chi connectivity index (χ2v) is 6.55. The van der Waals surface area contributed by atoms with E-state index in [1.807, 2.05) is 36.4 Å². The number of carbonyl (C=O) groups is 1. The Morgan fingerprint density at radius 2 is 1.96 bits per heavy atom. The van der Waals surface area contributed by atoms with Gasteiger partial charge in [0.1, 0.15) is 16.8 Å². The fourth-order valence-electron chi connectivity index (χ4n) is 2.87. The molecule has 0 spiro atoms. The van der Waals surface area contributed by atoms with E-state index in [-0.39, 0.29) is 12.0 Å². The molecule has 3 aromatic rings. The SMILES string of the molecule is Cn1nc(-c2ccccc2)cc1C(=O)N1CC(Oc2ncccc2Cl)C1. The minimum Gasteiger partial charge on any atom is -0.470 e. The molecule has 6 nitrogen and oxygen atoms in total. The van der Waals surface area contributed by atoms with Gasteiger partial charge >= 0.3 is 0 Å². The Bertz CT molecular complexity index is 936. The number of carbonyl (C=O) groups excluding carboxylic acids is 1. The Morgan fingerprint density at radius 3 is 2.69 bits per heavy atom. The van der Waals surface area contributed by atoms with Crippen LogP contribution in [-0.2, 0) is 7.05 Å². The van der Waals surface area contributed by atoms with Crippen molar-refractivity contribution in [3.8, 4) is 17.1 Å². The molecule has 1 amide bonds. The molecule has 1 aliphatic rings. The molecule has 0 unspecified atom stereocenters. The van der Waals surface area contributed by atoms with Crippen LogP contribution >= 0.6 is 11.6 Å². The first kappa shape index (κ1) is 16.6. The quantitative estimate of drug-likeness (QED) is 0.710. The lowest BCUT2D eigenvalue weighted by Crippen LogP contribution is -2.56. The van der Waals surface area contributed by atoms with Crippen LogP contribution in [0.15, 0.2) is 54.7 Å². The van der Waals surface area contributed by atoms with Crippen molar-refractivity contribution < 1.29 is 9.53 Å². The summed E-state index contributed by atoms with van der Waals surface area (Å²) in [5, 5.41) is 4.92. The van der Waals surface area contributed by atoms with Crippen molar-refractivity contribution >= 4 is 17.5 Å². The Hall–Kier alpha value is -2.86. The molecule has 7 heteroatoms. The number of aryl methyl sites for hydroxylation is 1. The van der Waals surface area contributed by atoms with E-state index < -0.39 is 0 Å². The highest BCUT2D eigenvalue weighted by Gasteiger charge is 2.34. The second kappa shape index (κ2) is 6.80. The molecular weight excluding hydrogens is 352 g/mol. The number of aromatic nitrogens is 3. The molecule has 0 atom stereocenters. The van der Waals surface area contributed by atoms with Gasteiger partial charge in [0, 0.05) is 18.8 Å². The van der Waals surface area contributed by atoms with E-state index in [1.165, 1.54) is 0 Å². The van der Waals surface area contributed by atoms with Crippen LogP contribution in [0.3, 0.4) is 0 Å². The van der Waals surface area contributed by atoms with E-state index in [0.29, 0.717) is 29.7 Å². The van der Waals surface area contributed by atoms with Crippen molar-refractivity contribution in [2.75, 3.05) is 13.1 Å². The van der Waals surface area contributed by atoms with Gasteiger partial charge in [0.15, 0.2) is 0 Å². The maximum Gasteiger partial charge on any atom is 0.272 e. The molecule has 1 fully saturated rings. The smallest absolute Gasteiger partial charge is 0.272 e. The molecule has 0 bridgehead atoms. The van der Waals surface area contributed by atoms with Crippen LogP contribution in [0.5, 0.6) is 5.88 Å². The lowest BCUT2D eigenvalue weighted by atomic mass is 10.1. The third-order valence-corrected chi connectivity index (χ3v) is 4.59. The maximum atomic E-state index is 12.7. The number of rotatable bonds is 4. The first-order valence-electron chi connectivity index (χ1n) is 8.28. The number of amides is 1. The van der Waals surface area contributed by atoms with Gasteiger partial charge in [-0.2, -0.15) is 5.10 Å². The van der Waals surface area contributed by atoms with E-state index in [4.69, 9.17) is 16.3 Å². The average molecular weight is 369 g/mol. The van der Waals surface area contributed by atoms with Crippen molar-refractivity contribution in [2.24, 2.45) is 7.05 Å². The number of likely N-dealkylation sites (tertiary alicyclic amines) is 1. The minimum atomic E-state index is -0.104. The van der Waals surface area contributed by atoms with Crippen molar-refractivity contribution in [3.05, 3.63) is 65.4 Å². The molecule has 2 aromatic heterocycles. The highest BCUT2D eigenvalue weighted by Crippen LogP contribution is 2.25. The summed E-state index contributed by atoms with van der Waals surface area (Å²) in [5.74, 6) is 0.340. The second-order valence-electron chi connectivity index (χ2n) is 6.14. The number of halogens is 1. The summed E-state index contributed by atoms with van der Waals surface area (Å²) in [7, 11) is 1.78. The number of pyridine rings is 1. The van der Waals surface area contributed by atoms with Gasteiger partial charge in [-0.25, -0.2) is 4.98 Å². The first-order chi connectivity index (χ1) is 12.6. The summed E-state index contributed by atoms with van der Waals surface area (Å²) in [4.78, 5) is 18.6. The van der Waals surface area contributed by atoms with Gasteiger partial charge in [-0.05, 0) is 18.2 Å². The molecule has 0 aliphatic carbocycles. The molecular formula is C19H17ClN4O2. The molecule has 1 aliphatic heterocycles. The fourth-order valence-corrected chi connectivity index (χ4v) is 3.04. The normalized spacial score (nSPS) is 14.2. The average Bonchev–Trinajstić information content (AvgIpc) is 3.01. The summed E-state index contributed by atoms with van der Waals surface area (Å²) < 4.78 is 7.36. The molecule has 1 aromatic carbocycles. The molecule has 132 valence electrons. The Morgan fingerprint density at radius 1 is 1.19 bits per heavy atom. The van der Waals surface area contributed by atoms with E-state index >= 15 is 0 Å². The fraction of sp³-hybridized carbons (Fsp3) is 0.211. The monoisotopic (exact) mass is 368 g/mol. The zero-order valence-corrected chi connectivity index (χ0v) is 14.9. The summed E-state index contributed by atoms with van der Waals surface area (Å²) in [6.45, 7) is 0.995. The Labute approximate surface area is 156 Å². The van der Waals surface area contributed by atoms with Crippen LogP contribution in [0.1, 0.15) is 10.5 Å². The van der Waals surface area contributed by atoms with Gasteiger partial charge in [0.25, 0.3) is 5.91 Å². The number of nitrogens with zero attached hydrogens (tertiary/aromatic N) is 4. The van der Waals surface area contributed by atoms with Crippen molar-refractivity contribution in [2.45, 2.75) is 6.10 Å². The molecule has 1 saturated heterocycles. The van der Waals surface area contributed by atoms with E-state index in [9.17, 15) is 4.79 Å². The zero-order valence-electron chi connectivity index (χ0n) is 14.2. The van der Waals surface area contributed by atoms with Gasteiger partial charge in [-0.3, -0.25) is 9.48 Å². The van der Waals surface area contributed by atoms with Gasteiger partial charge < -0.3 is 9.64 Å². The number of hydrogen-bond acceptors (Lipinski definition) is 4. The summed E-state index contributed by atoms with van der Waals surface area (Å²) in [6, 6.07) is 15.1. The largest absolute Gasteiger partial charge is 0.470 e. The van der Waals surface area contributed by atoms with Gasteiger partial charge in [-0.15, -0.1) is 0 Å². The lowest BCUT2D eigenvalue weighted by Gasteiger charge is -2.38. The zero-order chi connectivity index (χ0) is 18.1. The molecule has 0 radical (unpaired) electrons. The highest BCUT2D eigenvalue weighted by molar-refractivity contribution is 6.31. The van der Waals surface area contributed by atoms with Crippen molar-refractivity contribution in [3.63, 3.8) is 0 Å². The molecule has 0 saturated carbocycles. The van der Waals surface area contributed by atoms with Crippen LogP contribution in [0.25, 0.3) is 11.3 Å². The van der Waals surface area contributed by atoms with E-state index in [2.05, 4.69) is 10.1 Å². The van der Waals surface area contributed by atoms with Gasteiger partial charge in [0.05, 0.1) is 18.8 Å². The van der Waals surface area contributed by atoms with E-state index in [1.54, 1.807) is 35.0 Å². The molecule has 3 heterocycles. The van der Waals surface area contributed by atoms with Gasteiger partial charge in [-0.1, -0.05) is 41.9 Å². The van der Waals surface area contributed by atoms with Crippen LogP contribution in [0.2, 0.25) is 5.02 Å². The summed E-state index contributed by atoms with van der Waals surface area (Å²) in [6.07, 6.45) is 1.52. The Balaban J connectivity index is 1.42. The highest BCUT2D eigenvalue weighted by atomic mass is 35.5. The summed E-state index contributed by atoms with van der Waals surface area (Å²) >= 11 is 6.05. The molecule has 0 N–H and O–H groups in total. The van der Waals surface area contributed by atoms with Crippen molar-refractivity contribution in [1.29, 1.82) is 0 Å². The predicted molar refractivity (Wildman–Crippen MR) is 98.2 cm³/mol. The van der Waals surface area contributed by atoms with Crippen molar-refractivity contribution in [1.82, 2.24) is 19.7 Å². The number of hydrogen-bond donors (Lipinski definition) is 0. The number of ether oxygens (including phenoxy) is 1. The topological polar surface area (TPSA) is 60.2 Å². The summed E-state index contributed by atoms with van der Waals surface area (Å²) in [5.41, 5.74) is 2.32. The van der Waals surface area contributed by atoms with Crippen LogP contribution < -0.4 is 4.74 Å². The van der Waals surface area contributed by atoms with E-state index in [0.717, 1.165) is 11.3 Å². The van der Waals surface area contributed by atoms with Gasteiger partial charge in [0.2, 0.25) is 5.88 Å². The predicted octanol–water partition coefficient (Wildman–Crippen LogP) is 3.04. The van der Waals surface area contributed by atoms with Crippen LogP contribution in [0, 0.1) is 0 Å². The Kier molecular flexibility index (Phi) is 4.34. The minimum absolute atomic E-state index is 0.0610. The first-order valence-corrected chi connectivity index (χ1v) is 8.65.